The SMILES string of the molecule is CC(C)C(=O)N1CCCC12C(=O)N(C(C(=O)NCc1ncccn1)[C@@H](C)O)C2C.CC1N(C(C(=O)NCc2ncccn2)[C@@H](C)O)C(=O)C12CCCN2.CC1N(C(C(=O)NCc2ncccn2)[C@@H](C)O)C(=O)C12CCCN2C(=O)OC(C)(C)C.CC1N([C@H](C(=O)O)[C@@H](C)O)C(=O)C12CCCN2C(=O)OC(C)(C)C. The highest BCUT2D eigenvalue weighted by Crippen LogP contribution is 2.49. The fraction of sp³-hybridized carbons (Fsp3) is 0.685. The van der Waals surface area contributed by atoms with Crippen molar-refractivity contribution in [3.63, 3.8) is 0 Å². The van der Waals surface area contributed by atoms with Crippen LogP contribution in [0, 0.1) is 5.92 Å². The average molecular weight is 1510 g/mol. The second kappa shape index (κ2) is 33.7. The second-order valence-corrected chi connectivity index (χ2v) is 31.3. The first kappa shape index (κ1) is 84.4. The number of carbonyl (C=O) groups excluding carboxylic acids is 10. The number of aliphatic hydroxyl groups is 4. The highest BCUT2D eigenvalue weighted by atomic mass is 16.6. The van der Waals surface area contributed by atoms with Gasteiger partial charge < -0.3 is 80.8 Å². The maximum absolute atomic E-state index is 13.4. The van der Waals surface area contributed by atoms with Gasteiger partial charge in [-0.3, -0.25) is 48.2 Å². The van der Waals surface area contributed by atoms with Gasteiger partial charge in [0.2, 0.25) is 29.5 Å². The molecular weight excluding hydrogens is 1400 g/mol. The number of hydrogen-bond donors (Lipinski definition) is 9. The van der Waals surface area contributed by atoms with Crippen LogP contribution in [0.2, 0.25) is 0 Å². The minimum atomic E-state index is -1.32. The molecule has 594 valence electrons. The molecule has 11 heterocycles. The Kier molecular flexibility index (Phi) is 26.4. The van der Waals surface area contributed by atoms with E-state index in [0.717, 1.165) is 30.7 Å². The van der Waals surface area contributed by atoms with Gasteiger partial charge in [-0.15, -0.1) is 0 Å². The zero-order valence-electron chi connectivity index (χ0n) is 64.7. The summed E-state index contributed by atoms with van der Waals surface area (Å²) in [4.78, 5) is 174. The number of amides is 10. The third kappa shape index (κ3) is 16.5. The number of carboxylic acids is 1. The van der Waals surface area contributed by atoms with Crippen molar-refractivity contribution in [1.29, 1.82) is 0 Å². The molecule has 8 fully saturated rings. The molecule has 3 aromatic heterocycles. The van der Waals surface area contributed by atoms with Crippen molar-refractivity contribution in [2.45, 2.75) is 288 Å². The van der Waals surface area contributed by atoms with Crippen LogP contribution in [0.3, 0.4) is 0 Å². The number of ether oxygens (including phenoxy) is 2. The number of aliphatic hydroxyl groups excluding tert-OH is 4. The number of carbonyl (C=O) groups is 11. The molecule has 10 amide bonds. The number of nitrogens with one attached hydrogen (secondary N) is 4. The van der Waals surface area contributed by atoms with E-state index in [-0.39, 0.29) is 61.3 Å². The maximum atomic E-state index is 13.4. The summed E-state index contributed by atoms with van der Waals surface area (Å²) in [6.45, 7) is 29.8. The van der Waals surface area contributed by atoms with Crippen molar-refractivity contribution in [2.24, 2.45) is 5.92 Å². The number of hydrogen-bond acceptors (Lipinski definition) is 24. The van der Waals surface area contributed by atoms with Gasteiger partial charge in [0.15, 0.2) is 6.04 Å². The topological polar surface area (TPSA) is 456 Å². The van der Waals surface area contributed by atoms with Crippen molar-refractivity contribution in [1.82, 2.24) is 85.5 Å². The molecule has 16 atom stereocenters. The molecule has 0 radical (unpaired) electrons. The quantitative estimate of drug-likeness (QED) is 0.0754. The summed E-state index contributed by atoms with van der Waals surface area (Å²) in [6.07, 6.45) is 9.35. The summed E-state index contributed by atoms with van der Waals surface area (Å²) in [5.41, 5.74) is -4.94. The van der Waals surface area contributed by atoms with Gasteiger partial charge in [0.25, 0.3) is 17.7 Å². The largest absolute Gasteiger partial charge is 0.480 e. The van der Waals surface area contributed by atoms with Gasteiger partial charge in [0, 0.05) is 62.7 Å². The molecule has 0 bridgehead atoms. The van der Waals surface area contributed by atoms with E-state index >= 15 is 0 Å². The molecule has 4 spiro atoms. The monoisotopic (exact) mass is 1510 g/mol. The van der Waals surface area contributed by atoms with Gasteiger partial charge in [0.05, 0.1) is 68.2 Å². The van der Waals surface area contributed by atoms with Gasteiger partial charge in [-0.1, -0.05) is 13.8 Å². The van der Waals surface area contributed by atoms with E-state index in [0.29, 0.717) is 69.2 Å². The van der Waals surface area contributed by atoms with Crippen molar-refractivity contribution in [2.75, 3.05) is 26.2 Å². The number of β-lactam (4-membered cyclic amide) rings is 4. The van der Waals surface area contributed by atoms with Crippen LogP contribution in [0.5, 0.6) is 0 Å². The van der Waals surface area contributed by atoms with E-state index in [9.17, 15) is 78.3 Å². The Balaban J connectivity index is 0.000000182. The van der Waals surface area contributed by atoms with Crippen LogP contribution in [0.15, 0.2) is 55.4 Å². The fourth-order valence-corrected chi connectivity index (χ4v) is 16.4. The number of aromatic nitrogens is 6. The van der Waals surface area contributed by atoms with Crippen LogP contribution in [-0.4, -0.2) is 287 Å². The fourth-order valence-electron chi connectivity index (χ4n) is 16.4. The smallest absolute Gasteiger partial charge is 0.411 e. The third-order valence-corrected chi connectivity index (χ3v) is 21.5. The van der Waals surface area contributed by atoms with E-state index in [4.69, 9.17) is 9.47 Å². The Labute approximate surface area is 629 Å². The molecule has 0 aliphatic carbocycles. The Morgan fingerprint density at radius 3 is 1.02 bits per heavy atom. The summed E-state index contributed by atoms with van der Waals surface area (Å²) < 4.78 is 10.9. The Hall–Kier alpha value is -9.19. The van der Waals surface area contributed by atoms with Crippen LogP contribution < -0.4 is 21.3 Å². The molecule has 3 aromatic rings. The summed E-state index contributed by atoms with van der Waals surface area (Å²) in [6, 6.07) is -0.770. The van der Waals surface area contributed by atoms with Crippen LogP contribution in [0.25, 0.3) is 0 Å². The lowest BCUT2D eigenvalue weighted by atomic mass is 9.75. The van der Waals surface area contributed by atoms with Crippen molar-refractivity contribution in [3.05, 3.63) is 72.9 Å². The lowest BCUT2D eigenvalue weighted by Crippen LogP contribution is -2.81. The second-order valence-electron chi connectivity index (χ2n) is 31.3. The normalized spacial score (nSPS) is 27.1. The highest BCUT2D eigenvalue weighted by Gasteiger charge is 2.71. The number of rotatable bonds is 19. The number of likely N-dealkylation sites (tertiary alicyclic amines) is 7. The summed E-state index contributed by atoms with van der Waals surface area (Å²) >= 11 is 0. The maximum Gasteiger partial charge on any atom is 0.411 e. The first-order valence-electron chi connectivity index (χ1n) is 37.1. The number of aliphatic carboxylic acids is 1. The van der Waals surface area contributed by atoms with Crippen molar-refractivity contribution in [3.8, 4) is 0 Å². The van der Waals surface area contributed by atoms with Crippen LogP contribution in [-0.2, 0) is 72.3 Å². The van der Waals surface area contributed by atoms with Crippen LogP contribution >= 0.6 is 0 Å². The molecule has 35 nitrogen and oxygen atoms in total. The molecule has 8 aliphatic heterocycles. The predicted molar refractivity (Wildman–Crippen MR) is 385 cm³/mol. The lowest BCUT2D eigenvalue weighted by Gasteiger charge is -2.59. The van der Waals surface area contributed by atoms with E-state index in [1.807, 2.05) is 27.7 Å². The minimum Gasteiger partial charge on any atom is -0.480 e. The molecule has 108 heavy (non-hydrogen) atoms. The van der Waals surface area contributed by atoms with Gasteiger partial charge >= 0.3 is 18.2 Å². The van der Waals surface area contributed by atoms with Gasteiger partial charge in [-0.25, -0.2) is 44.3 Å². The zero-order valence-corrected chi connectivity index (χ0v) is 64.7. The summed E-state index contributed by atoms with van der Waals surface area (Å²) in [7, 11) is 0. The van der Waals surface area contributed by atoms with Crippen molar-refractivity contribution >= 4 is 65.4 Å². The molecule has 9 N–H and O–H groups in total. The standard InChI is InChI=1S/C21H31N5O5.C20H29N5O4.C16H23N5O3.C16H26N2O6/c1-13(27)16(17(28)24-12-15-22-9-7-10-23-15)26-14(2)21(18(26)29)8-6-11-25(21)19(30)31-20(3,4)5;1-12(2)18(28)24-10-5-7-20(24)14(4)25(19(20)29)16(13(3)26)17(27)23-11-15-21-8-6-9-22-15;1-10(22)13(14(23)19-9-12-17-6-4-7-18-12)21-11(2)16(15(21)24)5-3-8-20-16;1-9(19)11(12(20)21)18-10(2)16(13(18)22)7-6-8-17(16)14(23)24-15(3,4)5/h7,9-10,13-14,16,27H,6,8,11-12H2,1-5H3,(H,24,28);6,8-9,12-14,16,26H,5,7,10-11H2,1-4H3,(H,23,27);4,6-7,10-11,13,20,22H,3,5,8-9H2,1-2H3,(H,19,23);9-11,19H,6-8H2,1-5H3,(H,20,21)/t13-,14?,16?,21?;13-,14?,16?,20?;10-,11?,13?,16?;9-,10?,11+,16?/m1111/s1. The molecule has 0 aromatic carbocycles. The van der Waals surface area contributed by atoms with Gasteiger partial charge in [-0.2, -0.15) is 0 Å². The number of nitrogens with zero attached hydrogens (tertiary/aromatic N) is 13. The Bertz CT molecular complexity index is 3750. The van der Waals surface area contributed by atoms with E-state index in [1.54, 1.807) is 116 Å². The molecule has 0 saturated carbocycles. The Morgan fingerprint density at radius 1 is 0.463 bits per heavy atom. The number of carboxylic acid groups (broad SMARTS) is 1. The summed E-state index contributed by atoms with van der Waals surface area (Å²) in [5, 5.41) is 61.1. The third-order valence-electron chi connectivity index (χ3n) is 21.5. The average Bonchev–Trinajstić information content (AvgIpc) is 1.41. The van der Waals surface area contributed by atoms with Crippen molar-refractivity contribution < 1.29 is 87.7 Å². The van der Waals surface area contributed by atoms with Crippen LogP contribution in [0.4, 0.5) is 9.59 Å². The zero-order chi connectivity index (χ0) is 80.1. The lowest BCUT2D eigenvalue weighted by molar-refractivity contribution is -0.188. The van der Waals surface area contributed by atoms with E-state index < -0.39 is 136 Å². The molecule has 35 heteroatoms. The van der Waals surface area contributed by atoms with E-state index in [1.165, 1.54) is 52.2 Å². The van der Waals surface area contributed by atoms with Gasteiger partial charge in [0.1, 0.15) is 69.0 Å². The van der Waals surface area contributed by atoms with Crippen LogP contribution in [0.1, 0.15) is 180 Å². The minimum absolute atomic E-state index is 0.0541. The molecular formula is C73H109N17O18. The summed E-state index contributed by atoms with van der Waals surface area (Å²) in [5.74, 6) is -2.71. The predicted octanol–water partition coefficient (Wildman–Crippen LogP) is 0.949. The molecule has 8 aliphatic rings. The first-order valence-corrected chi connectivity index (χ1v) is 37.1. The Morgan fingerprint density at radius 2 is 0.759 bits per heavy atom. The molecule has 8 saturated heterocycles. The van der Waals surface area contributed by atoms with E-state index in [2.05, 4.69) is 51.2 Å². The molecule has 11 unspecified atom stereocenters. The highest BCUT2D eigenvalue weighted by molar-refractivity contribution is 6.03. The first-order chi connectivity index (χ1) is 50.6. The molecule has 11 rings (SSSR count). The van der Waals surface area contributed by atoms with Gasteiger partial charge in [-0.05, 0) is 173 Å².